The lowest BCUT2D eigenvalue weighted by Crippen LogP contribution is -1.88. The van der Waals surface area contributed by atoms with Crippen molar-refractivity contribution in [2.24, 2.45) is 0 Å². The Morgan fingerprint density at radius 3 is 1.78 bits per heavy atom. The molecule has 0 atom stereocenters. The molecule has 0 heterocycles. The molecular weight excluding hydrogens is 434 g/mol. The second-order valence-electron chi connectivity index (χ2n) is 9.18. The SMILES string of the molecule is CC(=CC=C(C)c1ccc(C=Cc2cc(C)cc(N)c2)cc1)C=C(c1ccccc1)c1ccccc1. The third-order valence-electron chi connectivity index (χ3n) is 6.09. The first-order chi connectivity index (χ1) is 17.5. The monoisotopic (exact) mass is 467 g/mol. The molecule has 0 aliphatic rings. The molecule has 4 aromatic carbocycles. The summed E-state index contributed by atoms with van der Waals surface area (Å²) in [6.07, 6.45) is 10.9. The van der Waals surface area contributed by atoms with Crippen LogP contribution in [0.5, 0.6) is 0 Å². The van der Waals surface area contributed by atoms with Gasteiger partial charge in [0, 0.05) is 5.69 Å². The molecule has 0 spiro atoms. The summed E-state index contributed by atoms with van der Waals surface area (Å²) < 4.78 is 0. The summed E-state index contributed by atoms with van der Waals surface area (Å²) in [6, 6.07) is 35.9. The Hall–Kier alpha value is -4.36. The van der Waals surface area contributed by atoms with Gasteiger partial charge in [0.2, 0.25) is 0 Å². The van der Waals surface area contributed by atoms with E-state index in [0.717, 1.165) is 16.8 Å². The topological polar surface area (TPSA) is 26.0 Å². The highest BCUT2D eigenvalue weighted by Crippen LogP contribution is 2.25. The Bertz CT molecular complexity index is 1360. The molecule has 0 amide bonds. The quantitative estimate of drug-likeness (QED) is 0.164. The van der Waals surface area contributed by atoms with E-state index in [-0.39, 0.29) is 0 Å². The number of hydrogen-bond acceptors (Lipinski definition) is 1. The van der Waals surface area contributed by atoms with Crippen LogP contribution in [0.15, 0.2) is 127 Å². The Labute approximate surface area is 215 Å². The molecule has 178 valence electrons. The normalized spacial score (nSPS) is 12.1. The second kappa shape index (κ2) is 11.9. The fourth-order valence-electron chi connectivity index (χ4n) is 4.19. The number of hydrogen-bond donors (Lipinski definition) is 1. The highest BCUT2D eigenvalue weighted by Gasteiger charge is 2.04. The molecule has 0 bridgehead atoms. The van der Waals surface area contributed by atoms with Crippen molar-refractivity contribution < 1.29 is 0 Å². The van der Waals surface area contributed by atoms with E-state index in [1.165, 1.54) is 39.0 Å². The van der Waals surface area contributed by atoms with Crippen LogP contribution in [0.3, 0.4) is 0 Å². The van der Waals surface area contributed by atoms with Crippen molar-refractivity contribution in [3.05, 3.63) is 160 Å². The van der Waals surface area contributed by atoms with Crippen molar-refractivity contribution >= 4 is 29.0 Å². The maximum atomic E-state index is 5.97. The highest BCUT2D eigenvalue weighted by atomic mass is 14.5. The second-order valence-corrected chi connectivity index (χ2v) is 9.18. The maximum absolute atomic E-state index is 5.97. The minimum atomic E-state index is 0.795. The van der Waals surface area contributed by atoms with E-state index in [1.54, 1.807) is 0 Å². The van der Waals surface area contributed by atoms with E-state index in [2.05, 4.69) is 142 Å². The van der Waals surface area contributed by atoms with Gasteiger partial charge >= 0.3 is 0 Å². The molecular formula is C35H33N. The first-order valence-electron chi connectivity index (χ1n) is 12.3. The zero-order valence-electron chi connectivity index (χ0n) is 21.3. The molecule has 0 fully saturated rings. The van der Waals surface area contributed by atoms with Crippen molar-refractivity contribution in [3.63, 3.8) is 0 Å². The van der Waals surface area contributed by atoms with Crippen molar-refractivity contribution in [2.75, 3.05) is 5.73 Å². The number of aryl methyl sites for hydroxylation is 1. The molecule has 2 N–H and O–H groups in total. The lowest BCUT2D eigenvalue weighted by Gasteiger charge is -2.09. The predicted octanol–water partition coefficient (Wildman–Crippen LogP) is 9.23. The van der Waals surface area contributed by atoms with E-state index in [0.29, 0.717) is 0 Å². The summed E-state index contributed by atoms with van der Waals surface area (Å²) in [5.41, 5.74) is 17.5. The van der Waals surface area contributed by atoms with Gasteiger partial charge in [0.1, 0.15) is 0 Å². The number of benzene rings is 4. The minimum absolute atomic E-state index is 0.795. The molecule has 0 unspecified atom stereocenters. The molecule has 0 saturated heterocycles. The van der Waals surface area contributed by atoms with E-state index in [1.807, 2.05) is 12.1 Å². The van der Waals surface area contributed by atoms with E-state index >= 15 is 0 Å². The van der Waals surface area contributed by atoms with Gasteiger partial charge in [-0.05, 0) is 77.4 Å². The van der Waals surface area contributed by atoms with Gasteiger partial charge in [-0.25, -0.2) is 0 Å². The Morgan fingerprint density at radius 2 is 1.19 bits per heavy atom. The average Bonchev–Trinajstić information content (AvgIpc) is 2.90. The molecule has 0 aliphatic carbocycles. The zero-order chi connectivity index (χ0) is 25.3. The molecule has 0 radical (unpaired) electrons. The van der Waals surface area contributed by atoms with Crippen molar-refractivity contribution in [1.29, 1.82) is 0 Å². The van der Waals surface area contributed by atoms with Gasteiger partial charge in [-0.3, -0.25) is 0 Å². The Kier molecular flexibility index (Phi) is 8.16. The first-order valence-corrected chi connectivity index (χ1v) is 12.3. The number of rotatable bonds is 7. The van der Waals surface area contributed by atoms with Crippen molar-refractivity contribution in [2.45, 2.75) is 20.8 Å². The van der Waals surface area contributed by atoms with Crippen LogP contribution < -0.4 is 5.73 Å². The lowest BCUT2D eigenvalue weighted by atomic mass is 9.96. The molecule has 0 saturated carbocycles. The highest BCUT2D eigenvalue weighted by molar-refractivity contribution is 5.81. The third-order valence-corrected chi connectivity index (χ3v) is 6.09. The van der Waals surface area contributed by atoms with Crippen LogP contribution >= 0.6 is 0 Å². The molecule has 1 heteroatoms. The van der Waals surface area contributed by atoms with Gasteiger partial charge in [-0.15, -0.1) is 0 Å². The summed E-state index contributed by atoms with van der Waals surface area (Å²) in [5, 5.41) is 0. The summed E-state index contributed by atoms with van der Waals surface area (Å²) in [7, 11) is 0. The molecule has 4 aromatic rings. The van der Waals surface area contributed by atoms with Crippen LogP contribution in [0.1, 0.15) is 47.2 Å². The summed E-state index contributed by atoms with van der Waals surface area (Å²) in [5.74, 6) is 0. The molecule has 1 nitrogen and oxygen atoms in total. The molecule has 4 rings (SSSR count). The van der Waals surface area contributed by atoms with Gasteiger partial charge < -0.3 is 5.73 Å². The van der Waals surface area contributed by atoms with Crippen LogP contribution in [-0.2, 0) is 0 Å². The smallest absolute Gasteiger partial charge is 0.0322 e. The van der Waals surface area contributed by atoms with E-state index in [9.17, 15) is 0 Å². The van der Waals surface area contributed by atoms with Crippen LogP contribution in [0, 0.1) is 6.92 Å². The van der Waals surface area contributed by atoms with Gasteiger partial charge in [0.05, 0.1) is 0 Å². The minimum Gasteiger partial charge on any atom is -0.399 e. The summed E-state index contributed by atoms with van der Waals surface area (Å²) in [6.45, 7) is 6.37. The van der Waals surface area contributed by atoms with Crippen molar-refractivity contribution in [1.82, 2.24) is 0 Å². The number of nitrogens with two attached hydrogens (primary N) is 1. The maximum Gasteiger partial charge on any atom is 0.0322 e. The predicted molar refractivity (Wildman–Crippen MR) is 158 cm³/mol. The van der Waals surface area contributed by atoms with Gasteiger partial charge in [0.25, 0.3) is 0 Å². The van der Waals surface area contributed by atoms with E-state index < -0.39 is 0 Å². The number of anilines is 1. The standard InChI is InChI=1S/C35H33N/c1-26(24-35(32-10-6-4-7-11-32)33-12-8-5-9-13-33)14-15-28(3)31-20-18-29(19-21-31)16-17-30-22-27(2)23-34(36)25-30/h4-25H,36H2,1-3H3. The first kappa shape index (κ1) is 24.8. The third kappa shape index (κ3) is 6.84. The molecule has 36 heavy (non-hydrogen) atoms. The van der Waals surface area contributed by atoms with Crippen LogP contribution in [0.25, 0.3) is 23.3 Å². The number of nitrogen functional groups attached to an aromatic ring is 1. The molecule has 0 aromatic heterocycles. The fraction of sp³-hybridized carbons (Fsp3) is 0.0857. The Morgan fingerprint density at radius 1 is 0.611 bits per heavy atom. The molecule has 0 aliphatic heterocycles. The van der Waals surface area contributed by atoms with Gasteiger partial charge in [-0.2, -0.15) is 0 Å². The lowest BCUT2D eigenvalue weighted by molar-refractivity contribution is 1.46. The largest absolute Gasteiger partial charge is 0.399 e. The number of allylic oxidation sites excluding steroid dienone is 5. The summed E-state index contributed by atoms with van der Waals surface area (Å²) >= 11 is 0. The van der Waals surface area contributed by atoms with Crippen molar-refractivity contribution in [3.8, 4) is 0 Å². The van der Waals surface area contributed by atoms with E-state index in [4.69, 9.17) is 5.73 Å². The van der Waals surface area contributed by atoms with Crippen LogP contribution in [0.4, 0.5) is 5.69 Å². The van der Waals surface area contributed by atoms with Gasteiger partial charge in [0.15, 0.2) is 0 Å². The fourth-order valence-corrected chi connectivity index (χ4v) is 4.19. The van der Waals surface area contributed by atoms with Crippen LogP contribution in [-0.4, -0.2) is 0 Å². The van der Waals surface area contributed by atoms with Crippen LogP contribution in [0.2, 0.25) is 0 Å². The Balaban J connectivity index is 1.52. The zero-order valence-corrected chi connectivity index (χ0v) is 21.3. The average molecular weight is 468 g/mol. The summed E-state index contributed by atoms with van der Waals surface area (Å²) in [4.78, 5) is 0. The van der Waals surface area contributed by atoms with Gasteiger partial charge in [-0.1, -0.05) is 127 Å².